The number of nitrogens with zero attached hydrogens (tertiary/aromatic N) is 1. The molecule has 0 radical (unpaired) electrons. The van der Waals surface area contributed by atoms with Gasteiger partial charge in [0.1, 0.15) is 6.10 Å². The molecule has 3 unspecified atom stereocenters. The van der Waals surface area contributed by atoms with Crippen LogP contribution in [-0.4, -0.2) is 49.4 Å². The van der Waals surface area contributed by atoms with Gasteiger partial charge in [-0.1, -0.05) is 0 Å². The number of aliphatic hydroxyl groups excluding tert-OH is 1. The Morgan fingerprint density at radius 2 is 2.17 bits per heavy atom. The molecule has 2 heterocycles. The van der Waals surface area contributed by atoms with Crippen molar-refractivity contribution in [2.45, 2.75) is 44.6 Å². The molecule has 0 aliphatic carbocycles. The van der Waals surface area contributed by atoms with Crippen molar-refractivity contribution in [2.24, 2.45) is 0 Å². The highest BCUT2D eigenvalue weighted by Gasteiger charge is 2.35. The lowest BCUT2D eigenvalue weighted by molar-refractivity contribution is -0.0241. The summed E-state index contributed by atoms with van der Waals surface area (Å²) in [5.41, 5.74) is -0.557. The minimum absolute atomic E-state index is 0.270. The van der Waals surface area contributed by atoms with E-state index in [2.05, 4.69) is 9.51 Å². The minimum atomic E-state index is -4.61. The molecule has 1 aromatic rings. The molecule has 130 valence electrons. The van der Waals surface area contributed by atoms with Crippen LogP contribution in [0.2, 0.25) is 0 Å². The van der Waals surface area contributed by atoms with Gasteiger partial charge in [-0.2, -0.15) is 0 Å². The van der Waals surface area contributed by atoms with Crippen LogP contribution in [0.3, 0.4) is 0 Å². The Bertz CT molecular complexity index is 708. The van der Waals surface area contributed by atoms with Gasteiger partial charge in [0.15, 0.2) is 0 Å². The summed E-state index contributed by atoms with van der Waals surface area (Å²) in [5.74, 6) is 0. The van der Waals surface area contributed by atoms with Crippen molar-refractivity contribution >= 4 is 7.82 Å². The standard InChI is InChI=1S/C12H19N2O8P/c1-7-5-14(12(17)13-11(7)16)3-2-8-4-9(15)10(22-8)6-21-23(18,19)20/h5,8-10,15H,2-4,6H2,1H3,(H,13,16,17)(H2,18,19,20). The summed E-state index contributed by atoms with van der Waals surface area (Å²) < 4.78 is 21.8. The zero-order valence-corrected chi connectivity index (χ0v) is 13.3. The molecule has 11 heteroatoms. The van der Waals surface area contributed by atoms with Crippen molar-refractivity contribution in [3.8, 4) is 0 Å². The topological polar surface area (TPSA) is 151 Å². The van der Waals surface area contributed by atoms with Crippen molar-refractivity contribution < 1.29 is 28.7 Å². The summed E-state index contributed by atoms with van der Waals surface area (Å²) in [7, 11) is -4.61. The van der Waals surface area contributed by atoms with Gasteiger partial charge in [0.2, 0.25) is 0 Å². The number of rotatable bonds is 6. The van der Waals surface area contributed by atoms with Gasteiger partial charge in [0.05, 0.1) is 18.8 Å². The lowest BCUT2D eigenvalue weighted by Crippen LogP contribution is -2.31. The van der Waals surface area contributed by atoms with E-state index < -0.39 is 37.9 Å². The van der Waals surface area contributed by atoms with E-state index in [9.17, 15) is 19.3 Å². The Labute approximate surface area is 130 Å². The number of phosphoric ester groups is 1. The first-order valence-electron chi connectivity index (χ1n) is 6.99. The van der Waals surface area contributed by atoms with Crippen LogP contribution in [0.4, 0.5) is 0 Å². The normalized spacial score (nSPS) is 25.0. The van der Waals surface area contributed by atoms with Crippen LogP contribution in [0.1, 0.15) is 18.4 Å². The Balaban J connectivity index is 1.90. The third-order valence-corrected chi connectivity index (χ3v) is 4.07. The number of aliphatic hydroxyl groups is 1. The van der Waals surface area contributed by atoms with Gasteiger partial charge < -0.3 is 24.2 Å². The molecule has 0 saturated carbocycles. The van der Waals surface area contributed by atoms with Crippen LogP contribution in [0.5, 0.6) is 0 Å². The smallest absolute Gasteiger partial charge is 0.390 e. The van der Waals surface area contributed by atoms with Gasteiger partial charge in [-0.05, 0) is 13.3 Å². The Hall–Kier alpha value is -1.29. The number of H-pyrrole nitrogens is 1. The number of hydrogen-bond donors (Lipinski definition) is 4. The molecule has 23 heavy (non-hydrogen) atoms. The molecule has 1 saturated heterocycles. The first-order chi connectivity index (χ1) is 10.7. The lowest BCUT2D eigenvalue weighted by Gasteiger charge is -2.15. The van der Waals surface area contributed by atoms with Gasteiger partial charge >= 0.3 is 13.5 Å². The first kappa shape index (κ1) is 18.1. The third-order valence-electron chi connectivity index (χ3n) is 3.59. The largest absolute Gasteiger partial charge is 0.469 e. The molecule has 4 N–H and O–H groups in total. The van der Waals surface area contributed by atoms with Crippen LogP contribution in [0.25, 0.3) is 0 Å². The second-order valence-corrected chi connectivity index (χ2v) is 6.68. The van der Waals surface area contributed by atoms with Gasteiger partial charge in [0.25, 0.3) is 5.56 Å². The van der Waals surface area contributed by atoms with E-state index in [1.54, 1.807) is 6.92 Å². The quantitative estimate of drug-likeness (QED) is 0.470. The highest BCUT2D eigenvalue weighted by atomic mass is 31.2. The summed E-state index contributed by atoms with van der Waals surface area (Å²) in [6, 6.07) is 0. The molecule has 0 amide bonds. The van der Waals surface area contributed by atoms with Crippen LogP contribution >= 0.6 is 7.82 Å². The van der Waals surface area contributed by atoms with Gasteiger partial charge in [-0.15, -0.1) is 0 Å². The van der Waals surface area contributed by atoms with E-state index in [4.69, 9.17) is 14.5 Å². The highest BCUT2D eigenvalue weighted by Crippen LogP contribution is 2.37. The van der Waals surface area contributed by atoms with Crippen LogP contribution in [0.15, 0.2) is 15.8 Å². The summed E-state index contributed by atoms with van der Waals surface area (Å²) in [5, 5.41) is 9.81. The Kier molecular flexibility index (Phi) is 5.56. The fourth-order valence-corrected chi connectivity index (χ4v) is 2.73. The Morgan fingerprint density at radius 3 is 2.83 bits per heavy atom. The van der Waals surface area contributed by atoms with Crippen LogP contribution in [0, 0.1) is 6.92 Å². The predicted molar refractivity (Wildman–Crippen MR) is 78.0 cm³/mol. The maximum Gasteiger partial charge on any atom is 0.469 e. The summed E-state index contributed by atoms with van der Waals surface area (Å²) in [6.45, 7) is 1.44. The van der Waals surface area contributed by atoms with E-state index >= 15 is 0 Å². The molecule has 1 fully saturated rings. The van der Waals surface area contributed by atoms with Crippen molar-refractivity contribution in [3.63, 3.8) is 0 Å². The molecular weight excluding hydrogens is 331 g/mol. The summed E-state index contributed by atoms with van der Waals surface area (Å²) in [4.78, 5) is 42.4. The van der Waals surface area contributed by atoms with Gasteiger partial charge in [-0.25, -0.2) is 9.36 Å². The third kappa shape index (κ3) is 5.10. The number of ether oxygens (including phenoxy) is 1. The second kappa shape index (κ2) is 7.08. The average molecular weight is 350 g/mol. The minimum Gasteiger partial charge on any atom is -0.390 e. The summed E-state index contributed by atoms with van der Waals surface area (Å²) >= 11 is 0. The number of phosphoric acid groups is 1. The number of hydrogen-bond acceptors (Lipinski definition) is 6. The molecule has 3 atom stereocenters. The number of aryl methyl sites for hydroxylation is 2. The van der Waals surface area contributed by atoms with Crippen molar-refractivity contribution in [2.75, 3.05) is 6.61 Å². The molecule has 0 spiro atoms. The number of aromatic amines is 1. The van der Waals surface area contributed by atoms with Gasteiger partial charge in [-0.3, -0.25) is 14.3 Å². The van der Waals surface area contributed by atoms with E-state index in [1.165, 1.54) is 10.8 Å². The highest BCUT2D eigenvalue weighted by molar-refractivity contribution is 7.46. The monoisotopic (exact) mass is 350 g/mol. The van der Waals surface area contributed by atoms with Gasteiger partial charge in [0, 0.05) is 24.7 Å². The van der Waals surface area contributed by atoms with Crippen molar-refractivity contribution in [3.05, 3.63) is 32.6 Å². The molecule has 1 aliphatic rings. The molecule has 10 nitrogen and oxygen atoms in total. The zero-order valence-electron chi connectivity index (χ0n) is 12.4. The van der Waals surface area contributed by atoms with Crippen molar-refractivity contribution in [1.82, 2.24) is 9.55 Å². The SMILES string of the molecule is Cc1cn(CCC2CC(O)C(COP(=O)(O)O)O2)c(=O)[nH]c1=O. The van der Waals surface area contributed by atoms with Crippen LogP contribution in [-0.2, 0) is 20.4 Å². The molecular formula is C12H19N2O8P. The molecule has 1 aromatic heterocycles. The van der Waals surface area contributed by atoms with Crippen molar-refractivity contribution in [1.29, 1.82) is 0 Å². The molecule has 2 rings (SSSR count). The summed E-state index contributed by atoms with van der Waals surface area (Å²) in [6.07, 6.45) is -0.000960. The second-order valence-electron chi connectivity index (χ2n) is 5.44. The fraction of sp³-hybridized carbons (Fsp3) is 0.667. The maximum absolute atomic E-state index is 11.6. The van der Waals surface area contributed by atoms with Crippen LogP contribution < -0.4 is 11.2 Å². The molecule has 1 aliphatic heterocycles. The predicted octanol–water partition coefficient (Wildman–Crippen LogP) is -1.14. The maximum atomic E-state index is 11.6. The van der Waals surface area contributed by atoms with E-state index in [0.717, 1.165) is 0 Å². The number of aromatic nitrogens is 2. The molecule has 0 aromatic carbocycles. The number of nitrogens with one attached hydrogen (secondary N) is 1. The van der Waals surface area contributed by atoms with E-state index in [1.807, 2.05) is 0 Å². The first-order valence-corrected chi connectivity index (χ1v) is 8.53. The molecule has 0 bridgehead atoms. The van der Waals surface area contributed by atoms with E-state index in [0.29, 0.717) is 12.0 Å². The lowest BCUT2D eigenvalue weighted by atomic mass is 10.1. The fourth-order valence-electron chi connectivity index (χ4n) is 2.39. The zero-order chi connectivity index (χ0) is 17.2. The Morgan fingerprint density at radius 1 is 1.48 bits per heavy atom. The average Bonchev–Trinajstić information content (AvgIpc) is 2.79. The van der Waals surface area contributed by atoms with E-state index in [-0.39, 0.29) is 19.1 Å².